The molecule has 1 aromatic heterocycles. The largest absolute Gasteiger partial charge is 0.493 e. The van der Waals surface area contributed by atoms with Gasteiger partial charge in [0, 0.05) is 5.56 Å². The van der Waals surface area contributed by atoms with Gasteiger partial charge < -0.3 is 15.2 Å². The van der Waals surface area contributed by atoms with Crippen LogP contribution in [0.3, 0.4) is 0 Å². The molecule has 0 bridgehead atoms. The summed E-state index contributed by atoms with van der Waals surface area (Å²) in [6.45, 7) is 1.73. The third kappa shape index (κ3) is 3.67. The van der Waals surface area contributed by atoms with Crippen LogP contribution in [0.2, 0.25) is 0 Å². The summed E-state index contributed by atoms with van der Waals surface area (Å²) in [5, 5.41) is 8.58. The Morgan fingerprint density at radius 3 is 2.41 bits per heavy atom. The lowest BCUT2D eigenvalue weighted by molar-refractivity contribution is -0.117. The van der Waals surface area contributed by atoms with Crippen LogP contribution in [-0.4, -0.2) is 35.6 Å². The predicted molar refractivity (Wildman–Crippen MR) is 85.1 cm³/mol. The highest BCUT2D eigenvalue weighted by Gasteiger charge is 2.12. The molecule has 1 aromatic carbocycles. The van der Waals surface area contributed by atoms with Gasteiger partial charge >= 0.3 is 0 Å². The molecule has 0 radical (unpaired) electrons. The number of ether oxygens (including phenoxy) is 2. The Morgan fingerprint density at radius 2 is 1.86 bits per heavy atom. The van der Waals surface area contributed by atoms with Crippen LogP contribution in [0, 0.1) is 0 Å². The SMILES string of the molecule is COc1ccc(-c2ccc(S[C@H](C)C(N)=O)nn2)cc1OC. The van der Waals surface area contributed by atoms with E-state index in [0.717, 1.165) is 5.56 Å². The highest BCUT2D eigenvalue weighted by Crippen LogP contribution is 2.31. The van der Waals surface area contributed by atoms with E-state index in [9.17, 15) is 4.79 Å². The zero-order chi connectivity index (χ0) is 16.1. The highest BCUT2D eigenvalue weighted by atomic mass is 32.2. The summed E-state index contributed by atoms with van der Waals surface area (Å²) in [4.78, 5) is 11.1. The van der Waals surface area contributed by atoms with Gasteiger partial charge in [-0.25, -0.2) is 0 Å². The summed E-state index contributed by atoms with van der Waals surface area (Å²) < 4.78 is 10.5. The maximum Gasteiger partial charge on any atom is 0.230 e. The topological polar surface area (TPSA) is 87.3 Å². The van der Waals surface area contributed by atoms with Crippen LogP contribution < -0.4 is 15.2 Å². The molecule has 6 nitrogen and oxygen atoms in total. The van der Waals surface area contributed by atoms with Crippen molar-refractivity contribution in [1.29, 1.82) is 0 Å². The van der Waals surface area contributed by atoms with E-state index in [1.807, 2.05) is 30.3 Å². The molecule has 1 heterocycles. The average molecular weight is 319 g/mol. The number of methoxy groups -OCH3 is 2. The number of carbonyl (C=O) groups excluding carboxylic acids is 1. The third-order valence-electron chi connectivity index (χ3n) is 3.02. The number of hydrogen-bond donors (Lipinski definition) is 1. The van der Waals surface area contributed by atoms with E-state index in [2.05, 4.69) is 10.2 Å². The molecule has 0 aliphatic carbocycles. The minimum atomic E-state index is -0.379. The molecule has 2 N–H and O–H groups in total. The van der Waals surface area contributed by atoms with E-state index in [-0.39, 0.29) is 11.2 Å². The van der Waals surface area contributed by atoms with Crippen molar-refractivity contribution in [3.8, 4) is 22.8 Å². The number of rotatable bonds is 6. The van der Waals surface area contributed by atoms with Gasteiger partial charge in [-0.15, -0.1) is 10.2 Å². The fourth-order valence-electron chi connectivity index (χ4n) is 1.77. The van der Waals surface area contributed by atoms with Crippen LogP contribution in [0.15, 0.2) is 35.4 Å². The van der Waals surface area contributed by atoms with E-state index in [4.69, 9.17) is 15.2 Å². The summed E-state index contributed by atoms with van der Waals surface area (Å²) >= 11 is 1.28. The number of nitrogens with zero attached hydrogens (tertiary/aromatic N) is 2. The van der Waals surface area contributed by atoms with Gasteiger partial charge in [-0.1, -0.05) is 11.8 Å². The van der Waals surface area contributed by atoms with Gasteiger partial charge in [-0.05, 0) is 37.3 Å². The van der Waals surface area contributed by atoms with Gasteiger partial charge in [-0.2, -0.15) is 0 Å². The normalized spacial score (nSPS) is 11.8. The van der Waals surface area contributed by atoms with Crippen LogP contribution >= 0.6 is 11.8 Å². The summed E-state index contributed by atoms with van der Waals surface area (Å²) in [6.07, 6.45) is 0. The summed E-state index contributed by atoms with van der Waals surface area (Å²) in [5.41, 5.74) is 6.80. The zero-order valence-corrected chi connectivity index (χ0v) is 13.4. The van der Waals surface area contributed by atoms with Gasteiger partial charge in [0.2, 0.25) is 5.91 Å². The first-order chi connectivity index (χ1) is 10.5. The quantitative estimate of drug-likeness (QED) is 0.821. The van der Waals surface area contributed by atoms with E-state index < -0.39 is 0 Å². The lowest BCUT2D eigenvalue weighted by Gasteiger charge is -2.09. The summed E-state index contributed by atoms with van der Waals surface area (Å²) in [5.74, 6) is 0.903. The maximum atomic E-state index is 11.1. The Labute approximate surface area is 133 Å². The molecule has 0 aliphatic rings. The lowest BCUT2D eigenvalue weighted by Crippen LogP contribution is -2.22. The Kier molecular flexibility index (Phi) is 5.21. The highest BCUT2D eigenvalue weighted by molar-refractivity contribution is 8.00. The molecule has 2 rings (SSSR count). The minimum Gasteiger partial charge on any atom is -0.493 e. The standard InChI is InChI=1S/C15H17N3O3S/c1-9(15(16)19)22-14-7-5-11(17-18-14)10-4-6-12(20-2)13(8-10)21-3/h4-9H,1-3H3,(H2,16,19)/t9-/m1/s1. The number of nitrogens with two attached hydrogens (primary N) is 1. The van der Waals surface area contributed by atoms with Crippen LogP contribution in [0.4, 0.5) is 0 Å². The molecule has 0 spiro atoms. The average Bonchev–Trinajstić information content (AvgIpc) is 2.54. The molecule has 22 heavy (non-hydrogen) atoms. The van der Waals surface area contributed by atoms with E-state index >= 15 is 0 Å². The first kappa shape index (κ1) is 16.1. The van der Waals surface area contributed by atoms with Crippen LogP contribution in [0.1, 0.15) is 6.92 Å². The van der Waals surface area contributed by atoms with Crippen LogP contribution in [0.25, 0.3) is 11.3 Å². The number of benzene rings is 1. The Balaban J connectivity index is 2.21. The first-order valence-corrected chi connectivity index (χ1v) is 7.45. The number of amides is 1. The Bertz CT molecular complexity index is 662. The summed E-state index contributed by atoms with van der Waals surface area (Å²) in [7, 11) is 3.17. The second-order valence-electron chi connectivity index (χ2n) is 4.49. The fraction of sp³-hybridized carbons (Fsp3) is 0.267. The van der Waals surface area contributed by atoms with E-state index in [1.54, 1.807) is 21.1 Å². The van der Waals surface area contributed by atoms with Gasteiger partial charge in [0.25, 0.3) is 0 Å². The van der Waals surface area contributed by atoms with Crippen molar-refractivity contribution >= 4 is 17.7 Å². The number of thioether (sulfide) groups is 1. The van der Waals surface area contributed by atoms with Crippen LogP contribution in [0.5, 0.6) is 11.5 Å². The lowest BCUT2D eigenvalue weighted by atomic mass is 10.1. The van der Waals surface area contributed by atoms with Gasteiger partial charge in [-0.3, -0.25) is 4.79 Å². The molecular weight excluding hydrogens is 302 g/mol. The molecule has 2 aromatic rings. The van der Waals surface area contributed by atoms with Crippen molar-refractivity contribution in [2.24, 2.45) is 5.73 Å². The number of carbonyl (C=O) groups is 1. The van der Waals surface area contributed by atoms with Gasteiger partial charge in [0.15, 0.2) is 11.5 Å². The second-order valence-corrected chi connectivity index (χ2v) is 5.85. The van der Waals surface area contributed by atoms with Crippen molar-refractivity contribution in [3.05, 3.63) is 30.3 Å². The smallest absolute Gasteiger partial charge is 0.230 e. The molecule has 7 heteroatoms. The maximum absolute atomic E-state index is 11.1. The van der Waals surface area contributed by atoms with Gasteiger partial charge in [0.1, 0.15) is 5.03 Å². The Hall–Kier alpha value is -2.28. The van der Waals surface area contributed by atoms with Crippen molar-refractivity contribution in [3.63, 3.8) is 0 Å². The zero-order valence-electron chi connectivity index (χ0n) is 12.6. The monoisotopic (exact) mass is 319 g/mol. The van der Waals surface area contributed by atoms with Crippen molar-refractivity contribution < 1.29 is 14.3 Å². The number of hydrogen-bond acceptors (Lipinski definition) is 6. The number of aromatic nitrogens is 2. The van der Waals surface area contributed by atoms with E-state index in [1.165, 1.54) is 11.8 Å². The van der Waals surface area contributed by atoms with E-state index in [0.29, 0.717) is 22.2 Å². The number of primary amides is 1. The van der Waals surface area contributed by atoms with Crippen molar-refractivity contribution in [2.45, 2.75) is 17.2 Å². The molecule has 0 unspecified atom stereocenters. The molecule has 0 saturated heterocycles. The predicted octanol–water partition coefficient (Wildman–Crippen LogP) is 2.13. The molecule has 0 fully saturated rings. The van der Waals surface area contributed by atoms with Crippen molar-refractivity contribution in [2.75, 3.05) is 14.2 Å². The van der Waals surface area contributed by atoms with Crippen LogP contribution in [-0.2, 0) is 4.79 Å². The first-order valence-electron chi connectivity index (χ1n) is 6.57. The summed E-state index contributed by atoms with van der Waals surface area (Å²) in [6, 6.07) is 9.17. The molecular formula is C15H17N3O3S. The molecule has 1 atom stereocenters. The third-order valence-corrected chi connectivity index (χ3v) is 4.06. The second kappa shape index (κ2) is 7.13. The molecule has 1 amide bonds. The molecule has 0 aliphatic heterocycles. The fourth-order valence-corrected chi connectivity index (χ4v) is 2.48. The van der Waals surface area contributed by atoms with Gasteiger partial charge in [0.05, 0.1) is 25.2 Å². The Morgan fingerprint density at radius 1 is 1.14 bits per heavy atom. The van der Waals surface area contributed by atoms with Crippen molar-refractivity contribution in [1.82, 2.24) is 10.2 Å². The molecule has 116 valence electrons. The minimum absolute atomic E-state index is 0.346. The molecule has 0 saturated carbocycles.